The summed E-state index contributed by atoms with van der Waals surface area (Å²) in [7, 11) is 1.59. The van der Waals surface area contributed by atoms with Gasteiger partial charge in [-0.05, 0) is 54.7 Å². The van der Waals surface area contributed by atoms with E-state index in [9.17, 15) is 4.79 Å². The SMILES string of the molecule is COc1c(C(=O)NCCC2CCNC2)sc(C)c1Br.Cl. The van der Waals surface area contributed by atoms with Crippen molar-refractivity contribution in [2.45, 2.75) is 19.8 Å². The van der Waals surface area contributed by atoms with E-state index in [2.05, 4.69) is 26.6 Å². The molecule has 2 heterocycles. The van der Waals surface area contributed by atoms with Crippen LogP contribution in [-0.2, 0) is 0 Å². The van der Waals surface area contributed by atoms with Gasteiger partial charge in [-0.1, -0.05) is 0 Å². The Hall–Kier alpha value is -0.300. The average Bonchev–Trinajstić information content (AvgIpc) is 2.99. The molecule has 1 fully saturated rings. The van der Waals surface area contributed by atoms with Gasteiger partial charge < -0.3 is 15.4 Å². The molecule has 1 atom stereocenters. The number of nitrogens with one attached hydrogen (secondary N) is 2. The molecule has 1 aromatic heterocycles. The van der Waals surface area contributed by atoms with Crippen LogP contribution in [0.25, 0.3) is 0 Å². The van der Waals surface area contributed by atoms with Crippen molar-refractivity contribution in [3.63, 3.8) is 0 Å². The zero-order valence-corrected chi connectivity index (χ0v) is 14.8. The third-order valence-electron chi connectivity index (χ3n) is 3.38. The first kappa shape index (κ1) is 17.8. The summed E-state index contributed by atoms with van der Waals surface area (Å²) in [5, 5.41) is 6.32. The van der Waals surface area contributed by atoms with Gasteiger partial charge in [0.15, 0.2) is 5.75 Å². The van der Waals surface area contributed by atoms with Gasteiger partial charge in [0.05, 0.1) is 11.6 Å². The quantitative estimate of drug-likeness (QED) is 0.822. The lowest BCUT2D eigenvalue weighted by Crippen LogP contribution is -2.26. The molecule has 1 aliphatic heterocycles. The number of hydrogen-bond donors (Lipinski definition) is 2. The molecule has 1 unspecified atom stereocenters. The number of hydrogen-bond acceptors (Lipinski definition) is 4. The number of amides is 1. The molecule has 1 amide bonds. The van der Waals surface area contributed by atoms with E-state index in [1.165, 1.54) is 17.8 Å². The summed E-state index contributed by atoms with van der Waals surface area (Å²) < 4.78 is 6.17. The predicted molar refractivity (Wildman–Crippen MR) is 88.5 cm³/mol. The van der Waals surface area contributed by atoms with E-state index in [0.717, 1.165) is 35.4 Å². The van der Waals surface area contributed by atoms with Crippen molar-refractivity contribution < 1.29 is 9.53 Å². The Kier molecular flexibility index (Phi) is 7.29. The lowest BCUT2D eigenvalue weighted by atomic mass is 10.1. The Balaban J connectivity index is 0.00000200. The Labute approximate surface area is 138 Å². The van der Waals surface area contributed by atoms with E-state index in [0.29, 0.717) is 16.5 Å². The van der Waals surface area contributed by atoms with Crippen molar-refractivity contribution in [3.05, 3.63) is 14.2 Å². The number of aryl methyl sites for hydroxylation is 1. The van der Waals surface area contributed by atoms with Gasteiger partial charge in [0, 0.05) is 11.4 Å². The van der Waals surface area contributed by atoms with Gasteiger partial charge in [0.1, 0.15) is 4.88 Å². The molecule has 0 spiro atoms. The molecule has 20 heavy (non-hydrogen) atoms. The van der Waals surface area contributed by atoms with E-state index in [4.69, 9.17) is 4.74 Å². The van der Waals surface area contributed by atoms with Crippen LogP contribution >= 0.6 is 39.7 Å². The first-order valence-electron chi connectivity index (χ1n) is 6.45. The number of halogens is 2. The standard InChI is InChI=1S/C13H19BrN2O2S.ClH/c1-8-10(14)11(18-2)12(19-8)13(17)16-6-4-9-3-5-15-7-9;/h9,15H,3-7H2,1-2H3,(H,16,17);1H. The van der Waals surface area contributed by atoms with Gasteiger partial charge in [-0.2, -0.15) is 0 Å². The molecule has 0 radical (unpaired) electrons. The smallest absolute Gasteiger partial charge is 0.265 e. The summed E-state index contributed by atoms with van der Waals surface area (Å²) >= 11 is 4.91. The summed E-state index contributed by atoms with van der Waals surface area (Å²) in [4.78, 5) is 13.9. The van der Waals surface area contributed by atoms with Crippen LogP contribution in [0.3, 0.4) is 0 Å². The molecular weight excluding hydrogens is 364 g/mol. The molecule has 1 aromatic rings. The molecule has 2 N–H and O–H groups in total. The number of carbonyl (C=O) groups excluding carboxylic acids is 1. The lowest BCUT2D eigenvalue weighted by Gasteiger charge is -2.09. The van der Waals surface area contributed by atoms with Crippen molar-refractivity contribution in [2.24, 2.45) is 5.92 Å². The van der Waals surface area contributed by atoms with Crippen LogP contribution in [0.5, 0.6) is 5.75 Å². The van der Waals surface area contributed by atoms with Gasteiger partial charge in [0.2, 0.25) is 0 Å². The highest BCUT2D eigenvalue weighted by atomic mass is 79.9. The Morgan fingerprint density at radius 2 is 2.35 bits per heavy atom. The molecule has 4 nitrogen and oxygen atoms in total. The third kappa shape index (κ3) is 4.10. The maximum absolute atomic E-state index is 12.1. The topological polar surface area (TPSA) is 50.4 Å². The van der Waals surface area contributed by atoms with E-state index < -0.39 is 0 Å². The van der Waals surface area contributed by atoms with Crippen LogP contribution in [0.15, 0.2) is 4.47 Å². The third-order valence-corrected chi connectivity index (χ3v) is 5.68. The van der Waals surface area contributed by atoms with Crippen molar-refractivity contribution in [1.29, 1.82) is 0 Å². The molecule has 114 valence electrons. The van der Waals surface area contributed by atoms with Crippen LogP contribution in [0.1, 0.15) is 27.4 Å². The molecule has 1 aliphatic rings. The summed E-state index contributed by atoms with van der Waals surface area (Å²) in [5.41, 5.74) is 0. The Bertz CT molecular complexity index is 461. The minimum Gasteiger partial charge on any atom is -0.494 e. The van der Waals surface area contributed by atoms with Crippen LogP contribution in [0, 0.1) is 12.8 Å². The Morgan fingerprint density at radius 3 is 2.95 bits per heavy atom. The first-order valence-corrected chi connectivity index (χ1v) is 8.06. The second kappa shape index (κ2) is 8.22. The monoisotopic (exact) mass is 382 g/mol. The molecule has 0 aliphatic carbocycles. The zero-order valence-electron chi connectivity index (χ0n) is 11.6. The summed E-state index contributed by atoms with van der Waals surface area (Å²) in [6, 6.07) is 0. The molecule has 0 bridgehead atoms. The number of carbonyl (C=O) groups is 1. The van der Waals surface area contributed by atoms with Crippen molar-refractivity contribution in [2.75, 3.05) is 26.7 Å². The summed E-state index contributed by atoms with van der Waals surface area (Å²) in [5.74, 6) is 1.29. The highest BCUT2D eigenvalue weighted by Gasteiger charge is 2.21. The second-order valence-electron chi connectivity index (χ2n) is 4.74. The van der Waals surface area contributed by atoms with Crippen molar-refractivity contribution in [3.8, 4) is 5.75 Å². The number of ether oxygens (including phenoxy) is 1. The normalized spacial score (nSPS) is 17.6. The minimum atomic E-state index is -0.0402. The zero-order chi connectivity index (χ0) is 13.8. The van der Waals surface area contributed by atoms with Crippen molar-refractivity contribution >= 4 is 45.6 Å². The summed E-state index contributed by atoms with van der Waals surface area (Å²) in [6.45, 7) is 4.87. The van der Waals surface area contributed by atoms with Crippen molar-refractivity contribution in [1.82, 2.24) is 10.6 Å². The van der Waals surface area contributed by atoms with E-state index in [1.807, 2.05) is 6.92 Å². The van der Waals surface area contributed by atoms with E-state index >= 15 is 0 Å². The van der Waals surface area contributed by atoms with Gasteiger partial charge in [-0.3, -0.25) is 4.79 Å². The highest BCUT2D eigenvalue weighted by Crippen LogP contribution is 2.38. The van der Waals surface area contributed by atoms with Crippen LogP contribution in [-0.4, -0.2) is 32.7 Å². The molecule has 2 rings (SSSR count). The van der Waals surface area contributed by atoms with Gasteiger partial charge in [-0.25, -0.2) is 0 Å². The number of rotatable bonds is 5. The number of methoxy groups -OCH3 is 1. The Morgan fingerprint density at radius 1 is 1.60 bits per heavy atom. The predicted octanol–water partition coefficient (Wildman–Crippen LogP) is 2.98. The number of thiophene rings is 1. The maximum Gasteiger partial charge on any atom is 0.265 e. The molecule has 7 heteroatoms. The maximum atomic E-state index is 12.1. The molecular formula is C13H20BrClN2O2S. The fraction of sp³-hybridized carbons (Fsp3) is 0.615. The summed E-state index contributed by atoms with van der Waals surface area (Å²) in [6.07, 6.45) is 2.25. The average molecular weight is 384 g/mol. The lowest BCUT2D eigenvalue weighted by molar-refractivity contribution is 0.0953. The fourth-order valence-electron chi connectivity index (χ4n) is 2.27. The minimum absolute atomic E-state index is 0. The van der Waals surface area contributed by atoms with E-state index in [-0.39, 0.29) is 18.3 Å². The van der Waals surface area contributed by atoms with Gasteiger partial charge >= 0.3 is 0 Å². The second-order valence-corrected chi connectivity index (χ2v) is 6.76. The van der Waals surface area contributed by atoms with Crippen LogP contribution < -0.4 is 15.4 Å². The molecule has 0 aromatic carbocycles. The fourth-order valence-corrected chi connectivity index (χ4v) is 3.93. The van der Waals surface area contributed by atoms with Crippen LogP contribution in [0.4, 0.5) is 0 Å². The molecule has 0 saturated carbocycles. The van der Waals surface area contributed by atoms with Gasteiger partial charge in [-0.15, -0.1) is 23.7 Å². The highest BCUT2D eigenvalue weighted by molar-refractivity contribution is 9.10. The largest absolute Gasteiger partial charge is 0.494 e. The van der Waals surface area contributed by atoms with Crippen LogP contribution in [0.2, 0.25) is 0 Å². The first-order chi connectivity index (χ1) is 9.13. The van der Waals surface area contributed by atoms with E-state index in [1.54, 1.807) is 7.11 Å². The molecule has 1 saturated heterocycles. The van der Waals surface area contributed by atoms with Gasteiger partial charge in [0.25, 0.3) is 5.91 Å².